The molecule has 2 atom stereocenters. The summed E-state index contributed by atoms with van der Waals surface area (Å²) < 4.78 is 33.5. The zero-order valence-corrected chi connectivity index (χ0v) is 28.1. The van der Waals surface area contributed by atoms with Gasteiger partial charge in [-0.3, -0.25) is 0 Å². The van der Waals surface area contributed by atoms with Gasteiger partial charge in [-0.15, -0.1) is 37.0 Å². The summed E-state index contributed by atoms with van der Waals surface area (Å²) in [5.41, 5.74) is 0. The molecule has 0 rings (SSSR count). The molecule has 0 aromatic heterocycles. The van der Waals surface area contributed by atoms with E-state index in [1.54, 1.807) is 0 Å². The Bertz CT molecular complexity index is 749. The summed E-state index contributed by atoms with van der Waals surface area (Å²) in [6.45, 7) is 22.9. The predicted octanol–water partition coefficient (Wildman–Crippen LogP) is 5.95. The summed E-state index contributed by atoms with van der Waals surface area (Å²) >= 11 is 0. The quantitative estimate of drug-likeness (QED) is 0.200. The van der Waals surface area contributed by atoms with Crippen molar-refractivity contribution in [1.29, 1.82) is 0 Å². The molecule has 0 fully saturated rings. The van der Waals surface area contributed by atoms with E-state index < -0.39 is 50.9 Å². The highest BCUT2D eigenvalue weighted by molar-refractivity contribution is 6.92. The van der Waals surface area contributed by atoms with Crippen molar-refractivity contribution in [2.75, 3.05) is 0 Å². The van der Waals surface area contributed by atoms with E-state index in [4.69, 9.17) is 39.8 Å². The molecule has 0 spiro atoms. The SMILES string of the molecule is C#CC[Si](C)(C)O[Si](C)(C)O[Si](C)(O[Si](C)(C)CC#C)O[Si](C)(CC)O[Si](C)(C)CC#C. The van der Waals surface area contributed by atoms with E-state index >= 15 is 0 Å². The lowest BCUT2D eigenvalue weighted by molar-refractivity contribution is 0.212. The van der Waals surface area contributed by atoms with E-state index in [2.05, 4.69) is 70.5 Å². The van der Waals surface area contributed by atoms with Gasteiger partial charge in [0.1, 0.15) is 0 Å². The van der Waals surface area contributed by atoms with Gasteiger partial charge in [0.15, 0.2) is 25.0 Å². The maximum atomic E-state index is 6.82. The van der Waals surface area contributed by atoms with Crippen molar-refractivity contribution >= 4 is 50.9 Å². The molecule has 11 heteroatoms. The summed E-state index contributed by atoms with van der Waals surface area (Å²) in [5.74, 6) is 8.26. The average Bonchev–Trinajstić information content (AvgIpc) is 2.50. The van der Waals surface area contributed by atoms with Gasteiger partial charge in [0.25, 0.3) is 0 Å². The average molecular weight is 545 g/mol. The molecule has 2 unspecified atom stereocenters. The summed E-state index contributed by atoms with van der Waals surface area (Å²) in [5, 5.41) is 0. The van der Waals surface area contributed by atoms with Crippen LogP contribution in [0.25, 0.3) is 0 Å². The first-order valence-corrected chi connectivity index (χ1v) is 28.0. The highest BCUT2D eigenvalue weighted by Crippen LogP contribution is 2.32. The number of hydrogen-bond acceptors (Lipinski definition) is 5. The lowest BCUT2D eigenvalue weighted by atomic mass is 10.8. The Balaban J connectivity index is 6.07. The van der Waals surface area contributed by atoms with Gasteiger partial charge in [-0.2, -0.15) is 0 Å². The van der Waals surface area contributed by atoms with Crippen molar-refractivity contribution in [1.82, 2.24) is 0 Å². The van der Waals surface area contributed by atoms with Crippen molar-refractivity contribution in [3.63, 3.8) is 0 Å². The normalized spacial score (nSPS) is 16.9. The molecule has 182 valence electrons. The maximum absolute atomic E-state index is 6.82. The third-order valence-electron chi connectivity index (χ3n) is 4.53. The molecule has 32 heavy (non-hydrogen) atoms. The molecule has 0 aliphatic rings. The van der Waals surface area contributed by atoms with Crippen molar-refractivity contribution in [3.05, 3.63) is 0 Å². The summed E-state index contributed by atoms with van der Waals surface area (Å²) in [7, 11) is -14.8. The first-order valence-electron chi connectivity index (χ1n) is 11.1. The van der Waals surface area contributed by atoms with Crippen LogP contribution in [-0.2, 0) is 20.6 Å². The van der Waals surface area contributed by atoms with Crippen molar-refractivity contribution in [2.45, 2.75) is 96.6 Å². The fourth-order valence-corrected chi connectivity index (χ4v) is 30.6. The van der Waals surface area contributed by atoms with E-state index in [0.717, 1.165) is 6.04 Å². The van der Waals surface area contributed by atoms with Gasteiger partial charge < -0.3 is 20.6 Å². The smallest absolute Gasteiger partial charge is 0.436 e. The number of rotatable bonds is 14. The van der Waals surface area contributed by atoms with Gasteiger partial charge in [-0.1, -0.05) is 6.92 Å². The minimum absolute atomic E-state index is 0.574. The van der Waals surface area contributed by atoms with Crippen LogP contribution in [0.15, 0.2) is 0 Å². The third-order valence-corrected chi connectivity index (χ3v) is 27.5. The van der Waals surface area contributed by atoms with Gasteiger partial charge in [-0.25, -0.2) is 0 Å². The van der Waals surface area contributed by atoms with Crippen molar-refractivity contribution < 1.29 is 20.6 Å². The van der Waals surface area contributed by atoms with Gasteiger partial charge in [0.2, 0.25) is 0 Å². The Labute approximate surface area is 204 Å². The Morgan fingerprint density at radius 2 is 0.906 bits per heavy atom. The third kappa shape index (κ3) is 12.3. The van der Waals surface area contributed by atoms with Crippen LogP contribution in [0.4, 0.5) is 0 Å². The largest absolute Gasteiger partial charge is 0.469 e. The second-order valence-electron chi connectivity index (χ2n) is 10.7. The monoisotopic (exact) mass is 544 g/mol. The molecule has 0 heterocycles. The summed E-state index contributed by atoms with van der Waals surface area (Å²) in [4.78, 5) is 0. The highest BCUT2D eigenvalue weighted by Gasteiger charge is 2.53. The molecule has 0 aromatic rings. The van der Waals surface area contributed by atoms with Crippen molar-refractivity contribution in [3.8, 4) is 37.0 Å². The zero-order chi connectivity index (χ0) is 25.5. The molecule has 0 saturated heterocycles. The lowest BCUT2D eigenvalue weighted by Gasteiger charge is -2.45. The summed E-state index contributed by atoms with van der Waals surface area (Å²) in [6.07, 6.45) is 16.8. The van der Waals surface area contributed by atoms with E-state index in [1.165, 1.54) is 0 Å². The van der Waals surface area contributed by atoms with Gasteiger partial charge >= 0.3 is 25.9 Å². The van der Waals surface area contributed by atoms with Gasteiger partial charge in [0, 0.05) is 24.7 Å². The predicted molar refractivity (Wildman–Crippen MR) is 150 cm³/mol. The standard InChI is InChI=1S/C21H44O5Si6/c1-15-19-27(5,6)22-30(11,12)25-32(14,24-29(9,10)21-17-3)26-31(13,18-4)23-28(7,8)20-16-2/h1-3H,18-21H2,4-14H3. The minimum atomic E-state index is -3.18. The van der Waals surface area contributed by atoms with Crippen LogP contribution < -0.4 is 0 Å². The molecule has 0 saturated carbocycles. The zero-order valence-electron chi connectivity index (χ0n) is 22.1. The highest BCUT2D eigenvalue weighted by atomic mass is 28.5. The Morgan fingerprint density at radius 1 is 0.531 bits per heavy atom. The van der Waals surface area contributed by atoms with Crippen LogP contribution >= 0.6 is 0 Å². The first kappa shape index (κ1) is 31.8. The molecule has 0 aliphatic carbocycles. The van der Waals surface area contributed by atoms with Crippen LogP contribution in [0.1, 0.15) is 6.92 Å². The van der Waals surface area contributed by atoms with Crippen LogP contribution in [0.2, 0.25) is 89.6 Å². The van der Waals surface area contributed by atoms with E-state index in [-0.39, 0.29) is 0 Å². The Hall–Kier alpha value is -0.219. The topological polar surface area (TPSA) is 46.2 Å². The molecule has 0 N–H and O–H groups in total. The first-order chi connectivity index (χ1) is 14.3. The molecule has 0 aromatic carbocycles. The second kappa shape index (κ2) is 12.0. The van der Waals surface area contributed by atoms with E-state index in [0.29, 0.717) is 18.1 Å². The van der Waals surface area contributed by atoms with Crippen LogP contribution in [0.5, 0.6) is 0 Å². The lowest BCUT2D eigenvalue weighted by Crippen LogP contribution is -2.64. The minimum Gasteiger partial charge on any atom is -0.436 e. The molecule has 0 aliphatic heterocycles. The number of hydrogen-bond donors (Lipinski definition) is 0. The molecule has 0 amide bonds. The molecule has 0 radical (unpaired) electrons. The Morgan fingerprint density at radius 3 is 1.28 bits per heavy atom. The molecule has 5 nitrogen and oxygen atoms in total. The van der Waals surface area contributed by atoms with Crippen LogP contribution in [0, 0.1) is 37.0 Å². The number of terminal acetylenes is 3. The van der Waals surface area contributed by atoms with E-state index in [1.807, 2.05) is 19.6 Å². The molecular formula is C21H44O5Si6. The van der Waals surface area contributed by atoms with Crippen molar-refractivity contribution in [2.24, 2.45) is 0 Å². The van der Waals surface area contributed by atoms with Crippen LogP contribution in [-0.4, -0.2) is 50.9 Å². The second-order valence-corrected chi connectivity index (χ2v) is 33.9. The maximum Gasteiger partial charge on any atom is 0.469 e. The van der Waals surface area contributed by atoms with Crippen LogP contribution in [0.3, 0.4) is 0 Å². The molecule has 0 bridgehead atoms. The molecular weight excluding hydrogens is 501 g/mol. The van der Waals surface area contributed by atoms with Gasteiger partial charge in [-0.05, 0) is 65.0 Å². The van der Waals surface area contributed by atoms with E-state index in [9.17, 15) is 0 Å². The fraction of sp³-hybridized carbons (Fsp3) is 0.714. The Kier molecular flexibility index (Phi) is 11.9. The fourth-order valence-electron chi connectivity index (χ4n) is 3.68. The summed E-state index contributed by atoms with van der Waals surface area (Å²) in [6, 6.07) is 2.59. The van der Waals surface area contributed by atoms with Gasteiger partial charge in [0.05, 0.1) is 0 Å².